The van der Waals surface area contributed by atoms with Gasteiger partial charge >= 0.3 is 5.97 Å². The second-order valence-corrected chi connectivity index (χ2v) is 15.3. The Morgan fingerprint density at radius 1 is 0.660 bits per heavy atom. The summed E-state index contributed by atoms with van der Waals surface area (Å²) in [4.78, 5) is 12.5. The molecule has 2 heterocycles. The van der Waals surface area contributed by atoms with Crippen LogP contribution in [0.15, 0.2) is 60.8 Å². The monoisotopic (exact) mass is 752 g/mol. The minimum Gasteiger partial charge on any atom is -0.462 e. The topological polar surface area (TPSA) is 218 Å². The Labute approximate surface area is 315 Å². The van der Waals surface area contributed by atoms with Gasteiger partial charge in [0.2, 0.25) is 0 Å². The van der Waals surface area contributed by atoms with Gasteiger partial charge in [-0.2, -0.15) is 0 Å². The highest BCUT2D eigenvalue weighted by Crippen LogP contribution is 2.36. The van der Waals surface area contributed by atoms with Gasteiger partial charge in [0.15, 0.2) is 5.79 Å². The van der Waals surface area contributed by atoms with Crippen molar-refractivity contribution in [2.75, 3.05) is 0 Å². The van der Waals surface area contributed by atoms with E-state index in [1.807, 2.05) is 43.4 Å². The molecule has 2 aliphatic heterocycles. The van der Waals surface area contributed by atoms with E-state index < -0.39 is 72.8 Å². The molecule has 0 aromatic carbocycles. The van der Waals surface area contributed by atoms with E-state index in [0.29, 0.717) is 6.42 Å². The maximum Gasteiger partial charge on any atom is 0.308 e. The summed E-state index contributed by atoms with van der Waals surface area (Å²) in [5, 5.41) is 95.6. The van der Waals surface area contributed by atoms with Crippen LogP contribution >= 0.6 is 0 Å². The highest BCUT2D eigenvalue weighted by atomic mass is 16.6. The summed E-state index contributed by atoms with van der Waals surface area (Å²) in [7, 11) is 0. The van der Waals surface area contributed by atoms with Gasteiger partial charge in [-0.3, -0.25) is 4.79 Å². The molecular weight excluding hydrogens is 684 g/mol. The molecule has 1 fully saturated rings. The molecule has 0 amide bonds. The predicted octanol–water partition coefficient (Wildman–Crippen LogP) is 3.28. The van der Waals surface area contributed by atoms with Crippen molar-refractivity contribution in [1.29, 1.82) is 0 Å². The van der Waals surface area contributed by atoms with Crippen LogP contribution in [0.2, 0.25) is 0 Å². The zero-order valence-corrected chi connectivity index (χ0v) is 32.0. The van der Waals surface area contributed by atoms with Crippen LogP contribution in [0.1, 0.15) is 105 Å². The van der Waals surface area contributed by atoms with E-state index in [1.165, 1.54) is 0 Å². The predicted molar refractivity (Wildman–Crippen MR) is 202 cm³/mol. The summed E-state index contributed by atoms with van der Waals surface area (Å²) in [5.41, 5.74) is 0. The summed E-state index contributed by atoms with van der Waals surface area (Å²) in [6, 6.07) is 0. The zero-order valence-electron chi connectivity index (χ0n) is 32.0. The molecule has 2 aliphatic rings. The Hall–Kier alpha value is -2.23. The van der Waals surface area contributed by atoms with E-state index in [9.17, 15) is 50.8 Å². The third-order valence-corrected chi connectivity index (χ3v) is 10.3. The van der Waals surface area contributed by atoms with Gasteiger partial charge in [-0.1, -0.05) is 81.5 Å². The lowest BCUT2D eigenvalue weighted by atomic mass is 9.84. The molecule has 9 N–H and O–H groups in total. The van der Waals surface area contributed by atoms with Crippen LogP contribution in [0.5, 0.6) is 0 Å². The lowest BCUT2D eigenvalue weighted by Crippen LogP contribution is -2.52. The molecule has 304 valence electrons. The van der Waals surface area contributed by atoms with E-state index >= 15 is 0 Å². The first-order valence-corrected chi connectivity index (χ1v) is 19.4. The lowest BCUT2D eigenvalue weighted by molar-refractivity contribution is -0.299. The van der Waals surface area contributed by atoms with Crippen LogP contribution in [0, 0.1) is 17.8 Å². The molecule has 12 nitrogen and oxygen atoms in total. The second-order valence-electron chi connectivity index (χ2n) is 15.3. The number of carbonyl (C=O) groups excluding carboxylic acids is 1. The molecule has 0 radical (unpaired) electrons. The maximum absolute atomic E-state index is 12.5. The molecule has 12 heteroatoms. The second kappa shape index (κ2) is 24.3. The fourth-order valence-electron chi connectivity index (χ4n) is 6.75. The van der Waals surface area contributed by atoms with Crippen molar-refractivity contribution >= 4 is 5.97 Å². The van der Waals surface area contributed by atoms with Crippen molar-refractivity contribution < 1.29 is 60.2 Å². The van der Waals surface area contributed by atoms with Crippen molar-refractivity contribution in [3.05, 3.63) is 60.8 Å². The van der Waals surface area contributed by atoms with Gasteiger partial charge < -0.3 is 55.4 Å². The Morgan fingerprint density at radius 2 is 1.28 bits per heavy atom. The zero-order chi connectivity index (χ0) is 39.6. The molecule has 0 aromatic rings. The molecule has 1 saturated heterocycles. The van der Waals surface area contributed by atoms with Gasteiger partial charge in [-0.05, 0) is 58.3 Å². The summed E-state index contributed by atoms with van der Waals surface area (Å²) in [6.07, 6.45) is 11.0. The van der Waals surface area contributed by atoms with Gasteiger partial charge in [0, 0.05) is 37.0 Å². The number of hydrogen-bond acceptors (Lipinski definition) is 12. The largest absolute Gasteiger partial charge is 0.462 e. The Kier molecular flexibility index (Phi) is 21.5. The van der Waals surface area contributed by atoms with E-state index in [-0.39, 0.29) is 75.5 Å². The highest BCUT2D eigenvalue weighted by molar-refractivity contribution is 5.70. The SMILES string of the molecule is CC1C2CC(O)/C=C/CC(O)/C=C/C=C/CC/C=C/C=C/C(C)[C@H](O)[C@@H](C)[C@H](C)OC(=O)CC(O)CC(O)CC(O)CCCC(O)CC(O)(C[C@@H]1O)O2. The third-order valence-electron chi connectivity index (χ3n) is 10.3. The van der Waals surface area contributed by atoms with Gasteiger partial charge in [0.05, 0.1) is 61.4 Å². The number of aliphatic hydroxyl groups excluding tert-OH is 8. The number of cyclic esters (lactones) is 1. The first kappa shape index (κ1) is 46.9. The van der Waals surface area contributed by atoms with Crippen LogP contribution in [0.3, 0.4) is 0 Å². The van der Waals surface area contributed by atoms with Crippen molar-refractivity contribution in [3.63, 3.8) is 0 Å². The smallest absolute Gasteiger partial charge is 0.308 e. The standard InChI is InChI=1S/C41H68O12/c1-27-15-11-9-7-5-6-8-10-12-16-31(42)17-13-19-33(44)23-38-29(3)37(48)26-41(51,53-38)25-34(45)20-14-18-32(43)21-35(46)22-36(47)24-39(49)52-30(4)28(2)40(27)50/h7-13,15-16,19,27-38,40,42-48,50-51H,5-6,14,17-18,20-26H2,1-4H3/b9-7+,10-8+,15-11+,16-12+,19-13+/t27?,28-,29?,30-,31?,32?,33?,34?,35?,36?,37-,38?,40-,41?/m0/s1. The molecule has 2 rings (SSSR count). The fourth-order valence-corrected chi connectivity index (χ4v) is 6.75. The number of ether oxygens (including phenoxy) is 2. The number of allylic oxidation sites excluding steroid dienone is 6. The Balaban J connectivity index is 2.07. The minimum absolute atomic E-state index is 0.0509. The summed E-state index contributed by atoms with van der Waals surface area (Å²) in [6.45, 7) is 7.11. The van der Waals surface area contributed by atoms with Crippen molar-refractivity contribution in [2.24, 2.45) is 17.8 Å². The molecular formula is C41H68O12. The summed E-state index contributed by atoms with van der Waals surface area (Å²) >= 11 is 0. The Morgan fingerprint density at radius 3 is 1.96 bits per heavy atom. The Bertz CT molecular complexity index is 1190. The first-order valence-electron chi connectivity index (χ1n) is 19.4. The van der Waals surface area contributed by atoms with Crippen LogP contribution in [0.25, 0.3) is 0 Å². The van der Waals surface area contributed by atoms with E-state index in [1.54, 1.807) is 45.1 Å². The van der Waals surface area contributed by atoms with Crippen molar-refractivity contribution in [1.82, 2.24) is 0 Å². The highest BCUT2D eigenvalue weighted by Gasteiger charge is 2.45. The van der Waals surface area contributed by atoms with E-state index in [2.05, 4.69) is 0 Å². The average molecular weight is 753 g/mol. The van der Waals surface area contributed by atoms with Crippen molar-refractivity contribution in [3.8, 4) is 0 Å². The lowest BCUT2D eigenvalue weighted by Gasteiger charge is -2.44. The third kappa shape index (κ3) is 18.8. The number of aliphatic hydroxyl groups is 9. The minimum atomic E-state index is -1.82. The maximum atomic E-state index is 12.5. The quantitative estimate of drug-likeness (QED) is 0.129. The van der Waals surface area contributed by atoms with Crippen molar-refractivity contribution in [2.45, 2.75) is 172 Å². The molecule has 0 spiro atoms. The number of rotatable bonds is 0. The summed E-state index contributed by atoms with van der Waals surface area (Å²) < 4.78 is 11.4. The molecule has 0 aliphatic carbocycles. The number of hydrogen-bond donors (Lipinski definition) is 9. The average Bonchev–Trinajstić information content (AvgIpc) is 3.06. The van der Waals surface area contributed by atoms with Crippen LogP contribution < -0.4 is 0 Å². The van der Waals surface area contributed by atoms with E-state index in [0.717, 1.165) is 12.8 Å². The molecule has 0 saturated carbocycles. The molecule has 2 bridgehead atoms. The normalized spacial score (nSPS) is 43.8. The van der Waals surface area contributed by atoms with Crippen LogP contribution in [0.4, 0.5) is 0 Å². The molecule has 53 heavy (non-hydrogen) atoms. The number of carbonyl (C=O) groups is 1. The van der Waals surface area contributed by atoms with Crippen LogP contribution in [-0.4, -0.2) is 119 Å². The number of esters is 1. The van der Waals surface area contributed by atoms with Gasteiger partial charge in [0.25, 0.3) is 0 Å². The first-order chi connectivity index (χ1) is 25.0. The fraction of sp³-hybridized carbons (Fsp3) is 0.732. The van der Waals surface area contributed by atoms with Gasteiger partial charge in [0.1, 0.15) is 6.10 Å². The van der Waals surface area contributed by atoms with E-state index in [4.69, 9.17) is 9.47 Å². The van der Waals surface area contributed by atoms with Gasteiger partial charge in [-0.25, -0.2) is 0 Å². The number of fused-ring (bicyclic) bond motifs is 2. The van der Waals surface area contributed by atoms with Gasteiger partial charge in [-0.15, -0.1) is 0 Å². The summed E-state index contributed by atoms with van der Waals surface area (Å²) in [5.74, 6) is -3.47. The van der Waals surface area contributed by atoms with Crippen LogP contribution in [-0.2, 0) is 14.3 Å². The molecule has 14 atom stereocenters. The molecule has 10 unspecified atom stereocenters. The molecule has 0 aromatic heterocycles.